The topological polar surface area (TPSA) is 81.7 Å². The molecule has 0 saturated heterocycles. The van der Waals surface area contributed by atoms with E-state index < -0.39 is 41.4 Å². The Bertz CT molecular complexity index is 959. The molecule has 0 aliphatic carbocycles. The van der Waals surface area contributed by atoms with E-state index in [0.29, 0.717) is 12.1 Å². The van der Waals surface area contributed by atoms with E-state index in [1.165, 1.54) is 25.3 Å². The summed E-state index contributed by atoms with van der Waals surface area (Å²) in [5, 5.41) is 2.42. The summed E-state index contributed by atoms with van der Waals surface area (Å²) >= 11 is 5.90. The maximum atomic E-state index is 13.1. The van der Waals surface area contributed by atoms with Crippen LogP contribution in [0.4, 0.5) is 18.9 Å². The van der Waals surface area contributed by atoms with E-state index in [1.807, 2.05) is 0 Å². The number of rotatable bonds is 6. The maximum Gasteiger partial charge on any atom is 0.416 e. The van der Waals surface area contributed by atoms with Crippen molar-refractivity contribution in [1.29, 1.82) is 0 Å². The molecule has 0 spiro atoms. The number of anilines is 1. The molecule has 2 aromatic rings. The number of ketones is 1. The molecule has 154 valence electrons. The standard InChI is InChI=1S/C19H15ClF3NO5/c1-28-15-6-4-11(20)8-13(15)18(27)12-7-10(19(21,22)23)3-5-14(12)24-16(25)9-17(26)29-2/h3-8H,9H2,1-2H3,(H,24,25). The number of alkyl halides is 3. The Balaban J connectivity index is 2.54. The Kier molecular flexibility index (Phi) is 6.86. The monoisotopic (exact) mass is 429 g/mol. The van der Waals surface area contributed by atoms with Gasteiger partial charge in [0.2, 0.25) is 5.91 Å². The number of ether oxygens (including phenoxy) is 2. The smallest absolute Gasteiger partial charge is 0.416 e. The zero-order valence-corrected chi connectivity index (χ0v) is 16.0. The van der Waals surface area contributed by atoms with Crippen LogP contribution in [0.1, 0.15) is 27.9 Å². The number of methoxy groups -OCH3 is 2. The Labute approximate surface area is 168 Å². The van der Waals surface area contributed by atoms with Crippen molar-refractivity contribution < 1.29 is 37.0 Å². The summed E-state index contributed by atoms with van der Waals surface area (Å²) in [5.74, 6) is -2.48. The van der Waals surface area contributed by atoms with Crippen molar-refractivity contribution in [2.24, 2.45) is 0 Å². The highest BCUT2D eigenvalue weighted by Gasteiger charge is 2.32. The van der Waals surface area contributed by atoms with Gasteiger partial charge in [0.05, 0.1) is 31.0 Å². The molecular weight excluding hydrogens is 415 g/mol. The predicted molar refractivity (Wildman–Crippen MR) is 98.1 cm³/mol. The highest BCUT2D eigenvalue weighted by atomic mass is 35.5. The molecule has 0 aliphatic rings. The molecule has 0 aromatic heterocycles. The van der Waals surface area contributed by atoms with E-state index in [4.69, 9.17) is 16.3 Å². The molecule has 1 amide bonds. The summed E-state index contributed by atoms with van der Waals surface area (Å²) in [7, 11) is 2.36. The van der Waals surface area contributed by atoms with Crippen LogP contribution in [0.15, 0.2) is 36.4 Å². The molecule has 0 atom stereocenters. The van der Waals surface area contributed by atoms with Crippen LogP contribution in [0.2, 0.25) is 5.02 Å². The van der Waals surface area contributed by atoms with Crippen molar-refractivity contribution in [3.63, 3.8) is 0 Å². The van der Waals surface area contributed by atoms with Crippen molar-refractivity contribution in [3.05, 3.63) is 58.1 Å². The first kappa shape index (κ1) is 22.2. The van der Waals surface area contributed by atoms with Gasteiger partial charge in [0, 0.05) is 10.6 Å². The first-order valence-electron chi connectivity index (χ1n) is 8.03. The fourth-order valence-electron chi connectivity index (χ4n) is 2.42. The Hall–Kier alpha value is -3.07. The minimum absolute atomic E-state index is 0.0867. The van der Waals surface area contributed by atoms with Gasteiger partial charge >= 0.3 is 12.1 Å². The number of amides is 1. The molecule has 0 radical (unpaired) electrons. The molecule has 0 saturated carbocycles. The van der Waals surface area contributed by atoms with Gasteiger partial charge < -0.3 is 14.8 Å². The normalized spacial score (nSPS) is 11.0. The van der Waals surface area contributed by atoms with E-state index in [0.717, 1.165) is 13.2 Å². The van der Waals surface area contributed by atoms with E-state index in [9.17, 15) is 27.6 Å². The van der Waals surface area contributed by atoms with Crippen molar-refractivity contribution in [2.75, 3.05) is 19.5 Å². The van der Waals surface area contributed by atoms with Crippen LogP contribution in [0.25, 0.3) is 0 Å². The molecule has 0 heterocycles. The molecule has 29 heavy (non-hydrogen) atoms. The summed E-state index contributed by atoms with van der Waals surface area (Å²) in [6.45, 7) is 0. The molecule has 0 fully saturated rings. The van der Waals surface area contributed by atoms with Crippen molar-refractivity contribution in [2.45, 2.75) is 12.6 Å². The lowest BCUT2D eigenvalue weighted by atomic mass is 9.98. The Morgan fingerprint density at radius 1 is 1.03 bits per heavy atom. The second-order valence-electron chi connectivity index (χ2n) is 5.73. The largest absolute Gasteiger partial charge is 0.496 e. The summed E-state index contributed by atoms with van der Waals surface area (Å²) in [6, 6.07) is 6.32. The highest BCUT2D eigenvalue weighted by Crippen LogP contribution is 2.34. The van der Waals surface area contributed by atoms with Crippen molar-refractivity contribution in [1.82, 2.24) is 0 Å². The third-order valence-corrected chi connectivity index (χ3v) is 4.04. The van der Waals surface area contributed by atoms with Gasteiger partial charge in [0.15, 0.2) is 5.78 Å². The second-order valence-corrected chi connectivity index (χ2v) is 6.17. The summed E-state index contributed by atoms with van der Waals surface area (Å²) in [5.41, 5.74) is -1.84. The van der Waals surface area contributed by atoms with E-state index in [1.54, 1.807) is 0 Å². The second kappa shape index (κ2) is 8.95. The maximum absolute atomic E-state index is 13.1. The number of carbonyl (C=O) groups is 3. The van der Waals surface area contributed by atoms with Crippen LogP contribution < -0.4 is 10.1 Å². The number of benzene rings is 2. The molecule has 0 aliphatic heterocycles. The van der Waals surface area contributed by atoms with Gasteiger partial charge in [0.1, 0.15) is 12.2 Å². The van der Waals surface area contributed by atoms with E-state index in [-0.39, 0.29) is 22.0 Å². The lowest BCUT2D eigenvalue weighted by molar-refractivity contribution is -0.143. The van der Waals surface area contributed by atoms with Crippen LogP contribution >= 0.6 is 11.6 Å². The van der Waals surface area contributed by atoms with Crippen molar-refractivity contribution in [3.8, 4) is 5.75 Å². The van der Waals surface area contributed by atoms with Gasteiger partial charge in [-0.25, -0.2) is 0 Å². The first-order chi connectivity index (χ1) is 13.6. The van der Waals surface area contributed by atoms with Gasteiger partial charge in [-0.3, -0.25) is 14.4 Å². The van der Waals surface area contributed by atoms with Gasteiger partial charge in [0.25, 0.3) is 0 Å². The van der Waals surface area contributed by atoms with Crippen molar-refractivity contribution >= 4 is 34.9 Å². The first-order valence-corrected chi connectivity index (χ1v) is 8.40. The highest BCUT2D eigenvalue weighted by molar-refractivity contribution is 6.31. The molecule has 0 bridgehead atoms. The number of hydrogen-bond acceptors (Lipinski definition) is 5. The minimum Gasteiger partial charge on any atom is -0.496 e. The lowest BCUT2D eigenvalue weighted by Crippen LogP contribution is -2.20. The molecule has 0 unspecified atom stereocenters. The number of esters is 1. The average molecular weight is 430 g/mol. The molecule has 6 nitrogen and oxygen atoms in total. The fraction of sp³-hybridized carbons (Fsp3) is 0.211. The number of nitrogens with one attached hydrogen (secondary N) is 1. The Morgan fingerprint density at radius 3 is 2.31 bits per heavy atom. The van der Waals surface area contributed by atoms with Crippen LogP contribution in [0.5, 0.6) is 5.75 Å². The number of hydrogen-bond donors (Lipinski definition) is 1. The predicted octanol–water partition coefficient (Wildman–Crippen LogP) is 4.10. The Morgan fingerprint density at radius 2 is 1.72 bits per heavy atom. The van der Waals surface area contributed by atoms with E-state index in [2.05, 4.69) is 10.1 Å². The lowest BCUT2D eigenvalue weighted by Gasteiger charge is -2.15. The van der Waals surface area contributed by atoms with Gasteiger partial charge in [-0.15, -0.1) is 0 Å². The minimum atomic E-state index is -4.72. The van der Waals surface area contributed by atoms with E-state index >= 15 is 0 Å². The van der Waals surface area contributed by atoms with Crippen LogP contribution in [-0.4, -0.2) is 31.9 Å². The molecular formula is C19H15ClF3NO5. The zero-order valence-electron chi connectivity index (χ0n) is 15.2. The fourth-order valence-corrected chi connectivity index (χ4v) is 2.59. The van der Waals surface area contributed by atoms with Crippen LogP contribution in [0, 0.1) is 0 Å². The average Bonchev–Trinajstić information content (AvgIpc) is 2.66. The summed E-state index contributed by atoms with van der Waals surface area (Å²) in [6.07, 6.45) is -5.40. The summed E-state index contributed by atoms with van der Waals surface area (Å²) in [4.78, 5) is 36.2. The molecule has 2 rings (SSSR count). The van der Waals surface area contributed by atoms with Crippen LogP contribution in [0.3, 0.4) is 0 Å². The molecule has 1 N–H and O–H groups in total. The third kappa shape index (κ3) is 5.47. The van der Waals surface area contributed by atoms with Gasteiger partial charge in [-0.1, -0.05) is 11.6 Å². The number of halogens is 4. The van der Waals surface area contributed by atoms with Gasteiger partial charge in [-0.05, 0) is 36.4 Å². The molecule has 2 aromatic carbocycles. The summed E-state index contributed by atoms with van der Waals surface area (Å²) < 4.78 is 48.9. The quantitative estimate of drug-likeness (QED) is 0.425. The van der Waals surface area contributed by atoms with Crippen LogP contribution in [-0.2, 0) is 20.5 Å². The third-order valence-electron chi connectivity index (χ3n) is 3.80. The SMILES string of the molecule is COC(=O)CC(=O)Nc1ccc(C(F)(F)F)cc1C(=O)c1cc(Cl)ccc1OC. The number of carbonyl (C=O) groups excluding carboxylic acids is 3. The molecule has 10 heteroatoms. The zero-order chi connectivity index (χ0) is 21.8. The van der Waals surface area contributed by atoms with Gasteiger partial charge in [-0.2, -0.15) is 13.2 Å².